The van der Waals surface area contributed by atoms with Crippen LogP contribution in [0.4, 0.5) is 0 Å². The lowest BCUT2D eigenvalue weighted by atomic mass is 10.0. The number of hydrogen-bond acceptors (Lipinski definition) is 3. The summed E-state index contributed by atoms with van der Waals surface area (Å²) in [7, 11) is 1.28. The summed E-state index contributed by atoms with van der Waals surface area (Å²) in [5, 5.41) is 9.55. The van der Waals surface area contributed by atoms with Gasteiger partial charge in [-0.2, -0.15) is 0 Å². The second-order valence-electron chi connectivity index (χ2n) is 5.06. The molecule has 0 spiro atoms. The van der Waals surface area contributed by atoms with Gasteiger partial charge in [0.15, 0.2) is 0 Å². The summed E-state index contributed by atoms with van der Waals surface area (Å²) >= 11 is 0. The van der Waals surface area contributed by atoms with E-state index < -0.39 is 12.1 Å². The van der Waals surface area contributed by atoms with Gasteiger partial charge in [-0.1, -0.05) is 50.2 Å². The molecule has 0 fully saturated rings. The number of allylic oxidation sites excluding steroid dienone is 2. The van der Waals surface area contributed by atoms with Crippen molar-refractivity contribution in [3.63, 3.8) is 0 Å². The minimum absolute atomic E-state index is 0.171. The van der Waals surface area contributed by atoms with Crippen molar-refractivity contribution < 1.29 is 14.6 Å². The van der Waals surface area contributed by atoms with Crippen molar-refractivity contribution in [2.45, 2.75) is 63.9 Å². The molecule has 0 aliphatic carbocycles. The highest BCUT2D eigenvalue weighted by Crippen LogP contribution is 2.12. The Morgan fingerprint density at radius 2 is 1.71 bits per heavy atom. The number of terminal acetylenes is 1. The molecule has 0 aromatic heterocycles. The van der Waals surface area contributed by atoms with Gasteiger partial charge in [-0.3, -0.25) is 0 Å². The highest BCUT2D eigenvalue weighted by Gasteiger charge is 2.16. The molecule has 0 aromatic rings. The predicted octanol–water partition coefficient (Wildman–Crippen LogP) is 3.78. The highest BCUT2D eigenvalue weighted by molar-refractivity contribution is 5.90. The van der Waals surface area contributed by atoms with Gasteiger partial charge in [-0.15, -0.1) is 13.0 Å². The first kappa shape index (κ1) is 19.5. The van der Waals surface area contributed by atoms with Crippen LogP contribution in [0.2, 0.25) is 0 Å². The van der Waals surface area contributed by atoms with Crippen LogP contribution in [0, 0.1) is 12.3 Å². The molecular formula is C18H28O3. The van der Waals surface area contributed by atoms with Gasteiger partial charge in [0.1, 0.15) is 6.10 Å². The first-order chi connectivity index (χ1) is 10.2. The van der Waals surface area contributed by atoms with E-state index in [2.05, 4.69) is 17.2 Å². The zero-order valence-corrected chi connectivity index (χ0v) is 13.1. The lowest BCUT2D eigenvalue weighted by Crippen LogP contribution is -2.17. The zero-order valence-electron chi connectivity index (χ0n) is 13.1. The molecule has 3 heteroatoms. The number of unbranched alkanes of at least 4 members (excludes halogenated alkanes) is 8. The fourth-order valence-corrected chi connectivity index (χ4v) is 2.09. The largest absolute Gasteiger partial charge is 0.466 e. The third-order valence-corrected chi connectivity index (χ3v) is 3.35. The summed E-state index contributed by atoms with van der Waals surface area (Å²) in [4.78, 5) is 11.5. The monoisotopic (exact) mass is 292 g/mol. The number of carbonyl (C=O) groups excluding carboxylic acids is 1. The standard InChI is InChI=1S/C18H28O3/c1-4-6-7-8-9-10-11-12-13-14-15-16(17(19)5-2)18(20)21-3/h2,4,15,17,19H,1,6-14H2,3H3/b16-15+. The Balaban J connectivity index is 3.79. The van der Waals surface area contributed by atoms with Crippen LogP contribution in [0.25, 0.3) is 0 Å². The molecule has 3 nitrogen and oxygen atoms in total. The summed E-state index contributed by atoms with van der Waals surface area (Å²) < 4.78 is 4.61. The number of carbonyl (C=O) groups is 1. The average molecular weight is 292 g/mol. The number of aliphatic hydroxyl groups is 1. The molecule has 1 N–H and O–H groups in total. The molecule has 0 rings (SSSR count). The summed E-state index contributed by atoms with van der Waals surface area (Å²) in [6.07, 6.45) is 17.8. The normalized spacial score (nSPS) is 12.5. The minimum Gasteiger partial charge on any atom is -0.466 e. The van der Waals surface area contributed by atoms with E-state index in [0.717, 1.165) is 25.7 Å². The molecule has 0 aromatic carbocycles. The fourth-order valence-electron chi connectivity index (χ4n) is 2.09. The molecule has 0 heterocycles. The number of hydrogen-bond donors (Lipinski definition) is 1. The van der Waals surface area contributed by atoms with Crippen molar-refractivity contribution in [2.75, 3.05) is 7.11 Å². The number of rotatable bonds is 12. The van der Waals surface area contributed by atoms with Gasteiger partial charge in [-0.25, -0.2) is 4.79 Å². The molecular weight excluding hydrogens is 264 g/mol. The quantitative estimate of drug-likeness (QED) is 0.196. The van der Waals surface area contributed by atoms with Crippen LogP contribution >= 0.6 is 0 Å². The van der Waals surface area contributed by atoms with E-state index in [1.807, 2.05) is 6.08 Å². The first-order valence-electron chi connectivity index (χ1n) is 7.70. The van der Waals surface area contributed by atoms with Gasteiger partial charge >= 0.3 is 5.97 Å². The van der Waals surface area contributed by atoms with Crippen molar-refractivity contribution in [1.29, 1.82) is 0 Å². The van der Waals surface area contributed by atoms with Crippen LogP contribution in [0.15, 0.2) is 24.3 Å². The maximum atomic E-state index is 11.5. The topological polar surface area (TPSA) is 46.5 Å². The van der Waals surface area contributed by atoms with E-state index in [-0.39, 0.29) is 5.57 Å². The molecule has 0 aliphatic rings. The number of aliphatic hydroxyl groups excluding tert-OH is 1. The smallest absolute Gasteiger partial charge is 0.337 e. The third-order valence-electron chi connectivity index (χ3n) is 3.35. The third kappa shape index (κ3) is 9.92. The number of methoxy groups -OCH3 is 1. The lowest BCUT2D eigenvalue weighted by molar-refractivity contribution is -0.136. The maximum absolute atomic E-state index is 11.5. The molecule has 0 saturated heterocycles. The van der Waals surface area contributed by atoms with Gasteiger partial charge < -0.3 is 9.84 Å². The summed E-state index contributed by atoms with van der Waals surface area (Å²) in [5.41, 5.74) is 0.171. The van der Waals surface area contributed by atoms with Gasteiger partial charge in [0, 0.05) is 0 Å². The van der Waals surface area contributed by atoms with Crippen molar-refractivity contribution in [3.05, 3.63) is 24.3 Å². The van der Waals surface area contributed by atoms with Crippen molar-refractivity contribution in [3.8, 4) is 12.3 Å². The first-order valence-corrected chi connectivity index (χ1v) is 7.70. The van der Waals surface area contributed by atoms with E-state index in [1.165, 1.54) is 39.2 Å². The molecule has 1 atom stereocenters. The van der Waals surface area contributed by atoms with Crippen LogP contribution in [-0.4, -0.2) is 24.3 Å². The van der Waals surface area contributed by atoms with Crippen LogP contribution in [0.5, 0.6) is 0 Å². The molecule has 0 aliphatic heterocycles. The molecule has 118 valence electrons. The summed E-state index contributed by atoms with van der Waals surface area (Å²) in [6.45, 7) is 3.71. The zero-order chi connectivity index (χ0) is 15.9. The maximum Gasteiger partial charge on any atom is 0.337 e. The average Bonchev–Trinajstić information content (AvgIpc) is 2.51. The van der Waals surface area contributed by atoms with Crippen LogP contribution in [0.1, 0.15) is 57.8 Å². The Morgan fingerprint density at radius 3 is 2.19 bits per heavy atom. The Labute approximate surface area is 129 Å². The summed E-state index contributed by atoms with van der Waals surface area (Å²) in [5.74, 6) is 1.59. The molecule has 0 radical (unpaired) electrons. The Morgan fingerprint density at radius 1 is 1.19 bits per heavy atom. The van der Waals surface area contributed by atoms with E-state index in [1.54, 1.807) is 6.08 Å². The molecule has 0 bridgehead atoms. The lowest BCUT2D eigenvalue weighted by Gasteiger charge is -2.07. The van der Waals surface area contributed by atoms with Crippen LogP contribution < -0.4 is 0 Å². The van der Waals surface area contributed by atoms with Gasteiger partial charge in [0.2, 0.25) is 0 Å². The van der Waals surface area contributed by atoms with Gasteiger partial charge in [0.25, 0.3) is 0 Å². The fraction of sp³-hybridized carbons (Fsp3) is 0.611. The van der Waals surface area contributed by atoms with Crippen molar-refractivity contribution >= 4 is 5.97 Å². The molecule has 1 unspecified atom stereocenters. The Hall–Kier alpha value is -1.53. The Kier molecular flexibility index (Phi) is 12.5. The highest BCUT2D eigenvalue weighted by atomic mass is 16.5. The SMILES string of the molecule is C#CC(O)/C(=C\CCCCCCCCCC=C)C(=O)OC. The Bertz CT molecular complexity index is 363. The second kappa shape index (κ2) is 13.5. The summed E-state index contributed by atoms with van der Waals surface area (Å²) in [6, 6.07) is 0. The van der Waals surface area contributed by atoms with E-state index >= 15 is 0 Å². The number of esters is 1. The van der Waals surface area contributed by atoms with Gasteiger partial charge in [-0.05, 0) is 25.7 Å². The predicted molar refractivity (Wildman–Crippen MR) is 86.7 cm³/mol. The van der Waals surface area contributed by atoms with E-state index in [0.29, 0.717) is 0 Å². The molecule has 0 amide bonds. The van der Waals surface area contributed by atoms with Crippen LogP contribution in [0.3, 0.4) is 0 Å². The van der Waals surface area contributed by atoms with Gasteiger partial charge in [0.05, 0.1) is 12.7 Å². The number of ether oxygens (including phenoxy) is 1. The van der Waals surface area contributed by atoms with Crippen molar-refractivity contribution in [1.82, 2.24) is 0 Å². The van der Waals surface area contributed by atoms with Crippen LogP contribution in [-0.2, 0) is 9.53 Å². The van der Waals surface area contributed by atoms with E-state index in [4.69, 9.17) is 6.42 Å². The van der Waals surface area contributed by atoms with Crippen molar-refractivity contribution in [2.24, 2.45) is 0 Å². The van der Waals surface area contributed by atoms with E-state index in [9.17, 15) is 9.90 Å². The molecule has 21 heavy (non-hydrogen) atoms. The minimum atomic E-state index is -1.18. The second-order valence-corrected chi connectivity index (χ2v) is 5.06. The molecule has 0 saturated carbocycles.